The summed E-state index contributed by atoms with van der Waals surface area (Å²) in [6.45, 7) is 0. The molecule has 1 aliphatic carbocycles. The van der Waals surface area contributed by atoms with Crippen molar-refractivity contribution in [2.45, 2.75) is 12.6 Å². The molecule has 0 saturated carbocycles. The minimum atomic E-state index is -0.963. The van der Waals surface area contributed by atoms with Crippen LogP contribution in [0.1, 0.15) is 6.42 Å². The Balaban J connectivity index is 2.65. The SMILES string of the molecule is O=CC1=CC=C[C@H](F)C1. The van der Waals surface area contributed by atoms with E-state index in [2.05, 4.69) is 0 Å². The number of halogens is 1. The molecule has 1 rings (SSSR count). The lowest BCUT2D eigenvalue weighted by atomic mass is 10.1. The van der Waals surface area contributed by atoms with Gasteiger partial charge in [0.1, 0.15) is 12.5 Å². The first-order valence-electron chi connectivity index (χ1n) is 2.79. The zero-order valence-electron chi connectivity index (χ0n) is 4.88. The molecular formula is C7H7FO. The maximum Gasteiger partial charge on any atom is 0.146 e. The van der Waals surface area contributed by atoms with Crippen molar-refractivity contribution in [2.75, 3.05) is 0 Å². The van der Waals surface area contributed by atoms with E-state index in [1.54, 1.807) is 12.2 Å². The maximum atomic E-state index is 12.3. The Kier molecular flexibility index (Phi) is 1.78. The van der Waals surface area contributed by atoms with E-state index in [0.717, 1.165) is 0 Å². The van der Waals surface area contributed by atoms with Gasteiger partial charge < -0.3 is 0 Å². The highest BCUT2D eigenvalue weighted by atomic mass is 19.1. The van der Waals surface area contributed by atoms with Crippen LogP contribution >= 0.6 is 0 Å². The predicted octanol–water partition coefficient (Wildman–Crippen LogP) is 1.41. The smallest absolute Gasteiger partial charge is 0.146 e. The Bertz CT molecular complexity index is 170. The van der Waals surface area contributed by atoms with Gasteiger partial charge in [0.25, 0.3) is 0 Å². The molecule has 1 aliphatic rings. The molecule has 1 atom stereocenters. The summed E-state index contributed by atoms with van der Waals surface area (Å²) < 4.78 is 12.3. The first-order chi connectivity index (χ1) is 4.33. The summed E-state index contributed by atoms with van der Waals surface area (Å²) in [6.07, 6.45) is 4.60. The highest BCUT2D eigenvalue weighted by molar-refractivity contribution is 5.74. The molecule has 0 fully saturated rings. The van der Waals surface area contributed by atoms with Gasteiger partial charge in [-0.05, 0) is 5.57 Å². The van der Waals surface area contributed by atoms with Crippen molar-refractivity contribution in [1.82, 2.24) is 0 Å². The number of hydrogen-bond donors (Lipinski definition) is 0. The summed E-state index contributed by atoms with van der Waals surface area (Å²) in [7, 11) is 0. The number of hydrogen-bond acceptors (Lipinski definition) is 1. The molecule has 0 aromatic heterocycles. The van der Waals surface area contributed by atoms with Crippen LogP contribution in [0.5, 0.6) is 0 Å². The van der Waals surface area contributed by atoms with Crippen LogP contribution < -0.4 is 0 Å². The van der Waals surface area contributed by atoms with Crippen molar-refractivity contribution in [1.29, 1.82) is 0 Å². The van der Waals surface area contributed by atoms with E-state index in [9.17, 15) is 9.18 Å². The summed E-state index contributed by atoms with van der Waals surface area (Å²) in [5, 5.41) is 0. The summed E-state index contributed by atoms with van der Waals surface area (Å²) in [5.74, 6) is 0. The van der Waals surface area contributed by atoms with Crippen molar-refractivity contribution in [3.8, 4) is 0 Å². The van der Waals surface area contributed by atoms with Gasteiger partial charge in [0.2, 0.25) is 0 Å². The first-order valence-corrected chi connectivity index (χ1v) is 2.79. The van der Waals surface area contributed by atoms with Crippen LogP contribution in [0.25, 0.3) is 0 Å². The van der Waals surface area contributed by atoms with E-state index >= 15 is 0 Å². The fourth-order valence-corrected chi connectivity index (χ4v) is 0.748. The highest BCUT2D eigenvalue weighted by Crippen LogP contribution is 2.12. The average Bonchev–Trinajstić information content (AvgIpc) is 1.88. The average molecular weight is 126 g/mol. The zero-order chi connectivity index (χ0) is 6.69. The van der Waals surface area contributed by atoms with Gasteiger partial charge in [-0.15, -0.1) is 0 Å². The van der Waals surface area contributed by atoms with Crippen LogP contribution in [0.4, 0.5) is 4.39 Å². The van der Waals surface area contributed by atoms with Gasteiger partial charge >= 0.3 is 0 Å². The van der Waals surface area contributed by atoms with E-state index in [1.165, 1.54) is 6.08 Å². The molecule has 0 heterocycles. The Morgan fingerprint density at radius 2 is 2.56 bits per heavy atom. The molecule has 0 aromatic rings. The second-order valence-electron chi connectivity index (χ2n) is 1.96. The number of carbonyl (C=O) groups is 1. The number of rotatable bonds is 1. The zero-order valence-corrected chi connectivity index (χ0v) is 4.88. The Labute approximate surface area is 52.9 Å². The minimum Gasteiger partial charge on any atom is -0.298 e. The number of alkyl halides is 1. The Morgan fingerprint density at radius 1 is 1.78 bits per heavy atom. The molecule has 0 spiro atoms. The third-order valence-electron chi connectivity index (χ3n) is 1.21. The number of carbonyl (C=O) groups excluding carboxylic acids is 1. The molecule has 2 heteroatoms. The maximum absolute atomic E-state index is 12.3. The Morgan fingerprint density at radius 3 is 3.00 bits per heavy atom. The predicted molar refractivity (Wildman–Crippen MR) is 32.8 cm³/mol. The second-order valence-corrected chi connectivity index (χ2v) is 1.96. The van der Waals surface area contributed by atoms with Gasteiger partial charge in [-0.3, -0.25) is 4.79 Å². The van der Waals surface area contributed by atoms with Crippen LogP contribution in [0.3, 0.4) is 0 Å². The fraction of sp³-hybridized carbons (Fsp3) is 0.286. The molecule has 48 valence electrons. The summed E-state index contributed by atoms with van der Waals surface area (Å²) >= 11 is 0. The van der Waals surface area contributed by atoms with E-state index in [4.69, 9.17) is 0 Å². The van der Waals surface area contributed by atoms with E-state index in [-0.39, 0.29) is 6.42 Å². The van der Waals surface area contributed by atoms with E-state index in [0.29, 0.717) is 11.9 Å². The van der Waals surface area contributed by atoms with Gasteiger partial charge in [-0.1, -0.05) is 18.2 Å². The molecule has 9 heavy (non-hydrogen) atoms. The molecule has 1 nitrogen and oxygen atoms in total. The normalized spacial score (nSPS) is 25.4. The van der Waals surface area contributed by atoms with Crippen molar-refractivity contribution in [3.05, 3.63) is 23.8 Å². The molecule has 0 aliphatic heterocycles. The molecule has 0 saturated heterocycles. The molecule has 0 unspecified atom stereocenters. The standard InChI is InChI=1S/C7H7FO/c8-7-3-1-2-6(4-7)5-9/h1-3,5,7H,4H2/t7-/m0/s1. The van der Waals surface area contributed by atoms with Crippen molar-refractivity contribution in [3.63, 3.8) is 0 Å². The lowest BCUT2D eigenvalue weighted by Crippen LogP contribution is -2.01. The first kappa shape index (κ1) is 6.20. The lowest BCUT2D eigenvalue weighted by molar-refractivity contribution is -0.105. The Hall–Kier alpha value is -0.920. The van der Waals surface area contributed by atoms with Gasteiger partial charge in [-0.25, -0.2) is 4.39 Å². The fourth-order valence-electron chi connectivity index (χ4n) is 0.748. The topological polar surface area (TPSA) is 17.1 Å². The molecular weight excluding hydrogens is 119 g/mol. The quantitative estimate of drug-likeness (QED) is 0.485. The molecule has 0 amide bonds. The van der Waals surface area contributed by atoms with Crippen molar-refractivity contribution in [2.24, 2.45) is 0 Å². The van der Waals surface area contributed by atoms with E-state index < -0.39 is 6.17 Å². The lowest BCUT2D eigenvalue weighted by Gasteiger charge is -2.04. The monoisotopic (exact) mass is 126 g/mol. The second kappa shape index (κ2) is 2.58. The van der Waals surface area contributed by atoms with Gasteiger partial charge in [0.05, 0.1) is 0 Å². The van der Waals surface area contributed by atoms with Crippen molar-refractivity contribution < 1.29 is 9.18 Å². The summed E-state index contributed by atoms with van der Waals surface area (Å²) in [6, 6.07) is 0. The summed E-state index contributed by atoms with van der Waals surface area (Å²) in [5.41, 5.74) is 0.532. The van der Waals surface area contributed by atoms with Crippen LogP contribution in [0.2, 0.25) is 0 Å². The molecule has 0 N–H and O–H groups in total. The van der Waals surface area contributed by atoms with Crippen LogP contribution in [0.15, 0.2) is 23.8 Å². The number of aldehydes is 1. The number of allylic oxidation sites excluding steroid dienone is 4. The summed E-state index contributed by atoms with van der Waals surface area (Å²) in [4.78, 5) is 10.0. The van der Waals surface area contributed by atoms with Crippen LogP contribution in [-0.2, 0) is 4.79 Å². The molecule has 0 bridgehead atoms. The largest absolute Gasteiger partial charge is 0.298 e. The van der Waals surface area contributed by atoms with Crippen molar-refractivity contribution >= 4 is 6.29 Å². The molecule has 0 radical (unpaired) electrons. The molecule has 0 aromatic carbocycles. The third kappa shape index (κ3) is 1.49. The van der Waals surface area contributed by atoms with Gasteiger partial charge in [-0.2, -0.15) is 0 Å². The van der Waals surface area contributed by atoms with E-state index in [1.807, 2.05) is 0 Å². The highest BCUT2D eigenvalue weighted by Gasteiger charge is 2.07. The third-order valence-corrected chi connectivity index (χ3v) is 1.21. The van der Waals surface area contributed by atoms with Gasteiger partial charge in [0.15, 0.2) is 0 Å². The van der Waals surface area contributed by atoms with Gasteiger partial charge in [0, 0.05) is 6.42 Å². The minimum absolute atomic E-state index is 0.236. The van der Waals surface area contributed by atoms with Crippen LogP contribution in [0, 0.1) is 0 Å². The van der Waals surface area contributed by atoms with Crippen LogP contribution in [-0.4, -0.2) is 12.5 Å².